The van der Waals surface area contributed by atoms with Gasteiger partial charge in [-0.15, -0.1) is 24.0 Å². The molecule has 0 spiro atoms. The summed E-state index contributed by atoms with van der Waals surface area (Å²) in [5.74, 6) is 0. The van der Waals surface area contributed by atoms with Gasteiger partial charge in [-0.1, -0.05) is 18.3 Å². The molecule has 1 aromatic heterocycles. The van der Waals surface area contributed by atoms with Gasteiger partial charge in [0, 0.05) is 6.20 Å². The SMILES string of the molecule is I.On1ccccc1=S.[KH].[NaH]. The van der Waals surface area contributed by atoms with E-state index in [9.17, 15) is 0 Å². The Bertz CT molecular complexity index is 244. The van der Waals surface area contributed by atoms with Crippen molar-refractivity contribution >= 4 is 117 Å². The zero-order chi connectivity index (χ0) is 5.98. The molecule has 0 aromatic carbocycles. The van der Waals surface area contributed by atoms with E-state index in [1.807, 2.05) is 0 Å². The van der Waals surface area contributed by atoms with Gasteiger partial charge in [0.2, 0.25) is 0 Å². The fourth-order valence-corrected chi connectivity index (χ4v) is 0.558. The summed E-state index contributed by atoms with van der Waals surface area (Å²) in [6.45, 7) is 0. The van der Waals surface area contributed by atoms with Crippen molar-refractivity contribution in [1.29, 1.82) is 0 Å². The molecule has 0 aliphatic heterocycles. The number of pyridine rings is 1. The van der Waals surface area contributed by atoms with Gasteiger partial charge < -0.3 is 5.21 Å². The van der Waals surface area contributed by atoms with Gasteiger partial charge in [-0.2, -0.15) is 4.73 Å². The maximum absolute atomic E-state index is 8.73. The molecule has 0 bridgehead atoms. The molecule has 1 aromatic rings. The Morgan fingerprint density at radius 2 is 1.91 bits per heavy atom. The van der Waals surface area contributed by atoms with Crippen LogP contribution in [0.4, 0.5) is 0 Å². The fraction of sp³-hybridized carbons (Fsp3) is 0. The van der Waals surface area contributed by atoms with E-state index in [1.54, 1.807) is 18.2 Å². The van der Waals surface area contributed by atoms with Crippen LogP contribution in [0, 0.1) is 4.64 Å². The van der Waals surface area contributed by atoms with E-state index in [2.05, 4.69) is 12.2 Å². The second-order valence-corrected chi connectivity index (χ2v) is 1.80. The molecule has 11 heavy (non-hydrogen) atoms. The Morgan fingerprint density at radius 1 is 1.36 bits per heavy atom. The summed E-state index contributed by atoms with van der Waals surface area (Å²) in [6.07, 6.45) is 1.49. The molecule has 1 rings (SSSR count). The first-order chi connectivity index (χ1) is 3.80. The van der Waals surface area contributed by atoms with Gasteiger partial charge in [0.25, 0.3) is 0 Å². The standard InChI is InChI=1S/C5H5NOS.HI.K.Na.2H/c7-6-4-2-1-3-5(6)8;;;;;/h1-4,7H;1H;;;;. The number of hydrogen-bond donors (Lipinski definition) is 1. The van der Waals surface area contributed by atoms with Crippen molar-refractivity contribution in [3.05, 3.63) is 29.0 Å². The molecule has 0 radical (unpaired) electrons. The molecule has 6 heteroatoms. The van der Waals surface area contributed by atoms with E-state index in [1.165, 1.54) is 6.20 Å². The summed E-state index contributed by atoms with van der Waals surface area (Å²) < 4.78 is 1.32. The van der Waals surface area contributed by atoms with Gasteiger partial charge in [-0.05, 0) is 12.1 Å². The zero-order valence-corrected chi connectivity index (χ0v) is 7.67. The van der Waals surface area contributed by atoms with E-state index < -0.39 is 0 Å². The van der Waals surface area contributed by atoms with Gasteiger partial charge in [0.05, 0.1) is 0 Å². The average molecular weight is 319 g/mol. The van der Waals surface area contributed by atoms with Crippen molar-refractivity contribution in [2.45, 2.75) is 0 Å². The van der Waals surface area contributed by atoms with Crippen molar-refractivity contribution < 1.29 is 5.21 Å². The van der Waals surface area contributed by atoms with Gasteiger partial charge in [-0.25, -0.2) is 0 Å². The molecule has 0 saturated carbocycles. The number of aromatic nitrogens is 1. The van der Waals surface area contributed by atoms with Crippen molar-refractivity contribution in [3.8, 4) is 0 Å². The average Bonchev–Trinajstić information content (AvgIpc) is 1.77. The van der Waals surface area contributed by atoms with E-state index in [0.717, 1.165) is 4.73 Å². The Balaban J connectivity index is -0.000000213. The minimum atomic E-state index is 0. The summed E-state index contributed by atoms with van der Waals surface area (Å²) in [5, 5.41) is 8.73. The van der Waals surface area contributed by atoms with E-state index in [-0.39, 0.29) is 105 Å². The predicted octanol–water partition coefficient (Wildman–Crippen LogP) is 0.776. The molecular formula is C5H8IKNNaOS. The third-order valence-electron chi connectivity index (χ3n) is 0.803. The topological polar surface area (TPSA) is 25.2 Å². The van der Waals surface area contributed by atoms with Gasteiger partial charge in [0.15, 0.2) is 0 Å². The molecule has 0 saturated heterocycles. The molecule has 1 heterocycles. The van der Waals surface area contributed by atoms with Crippen LogP contribution >= 0.6 is 36.2 Å². The third-order valence-corrected chi connectivity index (χ3v) is 1.13. The van der Waals surface area contributed by atoms with Gasteiger partial charge in [0.1, 0.15) is 4.64 Å². The van der Waals surface area contributed by atoms with Crippen LogP contribution in [-0.4, -0.2) is 90.9 Å². The first kappa shape index (κ1) is 19.2. The molecule has 2 nitrogen and oxygen atoms in total. The number of nitrogens with zero attached hydrogens (tertiary/aromatic N) is 1. The molecule has 0 fully saturated rings. The van der Waals surface area contributed by atoms with Crippen LogP contribution in [0.2, 0.25) is 0 Å². The first-order valence-corrected chi connectivity index (χ1v) is 2.58. The van der Waals surface area contributed by atoms with Crippen molar-refractivity contribution in [3.63, 3.8) is 0 Å². The normalized spacial score (nSPS) is 6.55. The van der Waals surface area contributed by atoms with E-state index in [0.29, 0.717) is 4.64 Å². The minimum absolute atomic E-state index is 0. The van der Waals surface area contributed by atoms with Crippen LogP contribution in [0.3, 0.4) is 0 Å². The summed E-state index contributed by atoms with van der Waals surface area (Å²) in [6, 6.07) is 5.13. The number of halogens is 1. The van der Waals surface area contributed by atoms with Crippen molar-refractivity contribution in [2.24, 2.45) is 0 Å². The predicted molar refractivity (Wildman–Crippen MR) is 62.2 cm³/mol. The Labute approximate surface area is 152 Å². The van der Waals surface area contributed by atoms with Crippen molar-refractivity contribution in [1.82, 2.24) is 4.73 Å². The number of hydrogen-bond acceptors (Lipinski definition) is 2. The molecule has 0 unspecified atom stereocenters. The van der Waals surface area contributed by atoms with Crippen LogP contribution in [0.5, 0.6) is 0 Å². The molecule has 0 aliphatic rings. The summed E-state index contributed by atoms with van der Waals surface area (Å²) >= 11 is 4.67. The molecule has 0 aliphatic carbocycles. The second kappa shape index (κ2) is 10.6. The summed E-state index contributed by atoms with van der Waals surface area (Å²) in [5.41, 5.74) is 0. The van der Waals surface area contributed by atoms with Gasteiger partial charge in [-0.3, -0.25) is 0 Å². The quantitative estimate of drug-likeness (QED) is 0.331. The van der Waals surface area contributed by atoms with Crippen molar-refractivity contribution in [2.75, 3.05) is 0 Å². The number of rotatable bonds is 0. The van der Waals surface area contributed by atoms with Gasteiger partial charge >= 0.3 is 80.9 Å². The molecular weight excluding hydrogens is 311 g/mol. The summed E-state index contributed by atoms with van der Waals surface area (Å²) in [4.78, 5) is 0. The first-order valence-electron chi connectivity index (χ1n) is 2.17. The fourth-order valence-electron chi connectivity index (χ4n) is 0.419. The third kappa shape index (κ3) is 7.60. The monoisotopic (exact) mass is 319 g/mol. The van der Waals surface area contributed by atoms with Crippen LogP contribution in [-0.2, 0) is 0 Å². The second-order valence-electron chi connectivity index (χ2n) is 1.38. The molecule has 1 N–H and O–H groups in total. The van der Waals surface area contributed by atoms with E-state index in [4.69, 9.17) is 5.21 Å². The van der Waals surface area contributed by atoms with Crippen LogP contribution in [0.15, 0.2) is 24.4 Å². The summed E-state index contributed by atoms with van der Waals surface area (Å²) in [7, 11) is 0. The van der Waals surface area contributed by atoms with Crippen LogP contribution < -0.4 is 0 Å². The van der Waals surface area contributed by atoms with Crippen LogP contribution in [0.25, 0.3) is 0 Å². The van der Waals surface area contributed by atoms with Crippen LogP contribution in [0.1, 0.15) is 0 Å². The van der Waals surface area contributed by atoms with E-state index >= 15 is 0 Å². The molecule has 0 atom stereocenters. The molecule has 54 valence electrons. The Kier molecular flexibility index (Phi) is 18.5. The maximum atomic E-state index is 8.73. The zero-order valence-electron chi connectivity index (χ0n) is 4.52. The Morgan fingerprint density at radius 3 is 2.18 bits per heavy atom. The Hall–Kier alpha value is 2.54. The molecule has 0 amide bonds.